The topological polar surface area (TPSA) is 67.4 Å². The third-order valence-corrected chi connectivity index (χ3v) is 4.55. The smallest absolute Gasteiger partial charge is 0.240 e. The van der Waals surface area contributed by atoms with E-state index >= 15 is 0 Å². The van der Waals surface area contributed by atoms with Crippen molar-refractivity contribution in [1.82, 2.24) is 10.0 Å². The van der Waals surface area contributed by atoms with Gasteiger partial charge in [0.25, 0.3) is 0 Å². The largest absolute Gasteiger partial charge is 0.380 e. The van der Waals surface area contributed by atoms with Crippen LogP contribution in [0.1, 0.15) is 25.3 Å². The van der Waals surface area contributed by atoms with Gasteiger partial charge in [-0.2, -0.15) is 0 Å². The molecule has 0 heterocycles. The van der Waals surface area contributed by atoms with E-state index in [0.29, 0.717) is 24.7 Å². The van der Waals surface area contributed by atoms with E-state index in [1.165, 1.54) is 0 Å². The molecule has 0 amide bonds. The molecule has 0 fully saturated rings. The van der Waals surface area contributed by atoms with Crippen molar-refractivity contribution in [3.8, 4) is 0 Å². The minimum Gasteiger partial charge on any atom is -0.380 e. The zero-order chi connectivity index (χ0) is 15.6. The van der Waals surface area contributed by atoms with E-state index in [1.54, 1.807) is 12.1 Å². The number of unbranched alkanes of at least 4 members (excludes halogenated alkanes) is 1. The summed E-state index contributed by atoms with van der Waals surface area (Å²) in [7, 11) is -1.54. The van der Waals surface area contributed by atoms with Gasteiger partial charge >= 0.3 is 0 Å². The number of hydrogen-bond acceptors (Lipinski definition) is 4. The van der Waals surface area contributed by atoms with Crippen LogP contribution in [0.25, 0.3) is 0 Å². The molecule has 0 bridgehead atoms. The van der Waals surface area contributed by atoms with Crippen molar-refractivity contribution < 1.29 is 13.2 Å². The van der Waals surface area contributed by atoms with Gasteiger partial charge in [0, 0.05) is 13.2 Å². The summed E-state index contributed by atoms with van der Waals surface area (Å²) < 4.78 is 32.0. The lowest BCUT2D eigenvalue weighted by Gasteiger charge is -2.08. The van der Waals surface area contributed by atoms with E-state index in [1.807, 2.05) is 19.2 Å². The van der Waals surface area contributed by atoms with Crippen molar-refractivity contribution >= 4 is 10.0 Å². The molecule has 5 nitrogen and oxygen atoms in total. The van der Waals surface area contributed by atoms with E-state index in [0.717, 1.165) is 31.4 Å². The third kappa shape index (κ3) is 7.04. The van der Waals surface area contributed by atoms with Gasteiger partial charge in [0.15, 0.2) is 0 Å². The second-order valence-electron chi connectivity index (χ2n) is 4.86. The van der Waals surface area contributed by atoms with Gasteiger partial charge in [-0.05, 0) is 44.1 Å². The molecule has 0 spiro atoms. The molecule has 1 rings (SSSR count). The molecule has 1 aromatic carbocycles. The van der Waals surface area contributed by atoms with Gasteiger partial charge in [0.2, 0.25) is 10.0 Å². The lowest BCUT2D eigenvalue weighted by Crippen LogP contribution is -2.27. The lowest BCUT2D eigenvalue weighted by molar-refractivity contribution is 0.136. The number of sulfonamides is 1. The van der Waals surface area contributed by atoms with Gasteiger partial charge in [-0.1, -0.05) is 25.5 Å². The fraction of sp³-hybridized carbons (Fsp3) is 0.600. The number of likely N-dealkylation sites (N-methyl/N-ethyl adjacent to an activating group) is 1. The lowest BCUT2D eigenvalue weighted by atomic mass is 10.1. The fourth-order valence-corrected chi connectivity index (χ4v) is 2.80. The molecule has 120 valence electrons. The molecular formula is C15H26N2O3S. The Labute approximate surface area is 128 Å². The Hall–Kier alpha value is -0.950. The molecule has 1 aromatic rings. The van der Waals surface area contributed by atoms with Crippen LogP contribution in [0.4, 0.5) is 0 Å². The second kappa shape index (κ2) is 9.89. The van der Waals surface area contributed by atoms with Crippen molar-refractivity contribution in [2.75, 3.05) is 33.4 Å². The maximum Gasteiger partial charge on any atom is 0.240 e. The summed E-state index contributed by atoms with van der Waals surface area (Å²) in [6, 6.07) is 6.99. The van der Waals surface area contributed by atoms with Crippen LogP contribution < -0.4 is 10.0 Å². The van der Waals surface area contributed by atoms with Crippen LogP contribution in [0.2, 0.25) is 0 Å². The maximum atomic E-state index is 12.1. The van der Waals surface area contributed by atoms with E-state index in [9.17, 15) is 8.42 Å². The Kier molecular flexibility index (Phi) is 8.52. The van der Waals surface area contributed by atoms with Gasteiger partial charge in [0.1, 0.15) is 0 Å². The summed E-state index contributed by atoms with van der Waals surface area (Å²) in [4.78, 5) is 0.296. The SMILES string of the molecule is CCCCOCCNS(=O)(=O)c1ccc(CCNC)cc1. The first-order valence-corrected chi connectivity index (χ1v) is 8.89. The molecule has 0 unspecified atom stereocenters. The molecule has 0 saturated heterocycles. The Morgan fingerprint density at radius 2 is 1.81 bits per heavy atom. The highest BCUT2D eigenvalue weighted by Gasteiger charge is 2.12. The third-order valence-electron chi connectivity index (χ3n) is 3.08. The summed E-state index contributed by atoms with van der Waals surface area (Å²) in [6.45, 7) is 4.34. The number of rotatable bonds is 11. The summed E-state index contributed by atoms with van der Waals surface area (Å²) in [5, 5.41) is 3.07. The highest BCUT2D eigenvalue weighted by Crippen LogP contribution is 2.10. The van der Waals surface area contributed by atoms with Gasteiger partial charge in [-0.25, -0.2) is 13.1 Å². The standard InChI is InChI=1S/C15H26N2O3S/c1-3-4-12-20-13-11-17-21(18,19)15-7-5-14(6-8-15)9-10-16-2/h5-8,16-17H,3-4,9-13H2,1-2H3. The van der Waals surface area contributed by atoms with Crippen molar-refractivity contribution in [2.24, 2.45) is 0 Å². The van der Waals surface area contributed by atoms with E-state index in [-0.39, 0.29) is 0 Å². The van der Waals surface area contributed by atoms with Crippen LogP contribution in [-0.4, -0.2) is 41.8 Å². The minimum atomic E-state index is -3.44. The van der Waals surface area contributed by atoms with Crippen LogP contribution in [0.5, 0.6) is 0 Å². The van der Waals surface area contributed by atoms with Crippen molar-refractivity contribution in [3.63, 3.8) is 0 Å². The van der Waals surface area contributed by atoms with E-state index < -0.39 is 10.0 Å². The molecule has 21 heavy (non-hydrogen) atoms. The zero-order valence-corrected chi connectivity index (χ0v) is 13.7. The average Bonchev–Trinajstić information content (AvgIpc) is 2.49. The van der Waals surface area contributed by atoms with Gasteiger partial charge < -0.3 is 10.1 Å². The first kappa shape index (κ1) is 18.1. The monoisotopic (exact) mass is 314 g/mol. The second-order valence-corrected chi connectivity index (χ2v) is 6.63. The van der Waals surface area contributed by atoms with Gasteiger partial charge in [0.05, 0.1) is 11.5 Å². The average molecular weight is 314 g/mol. The van der Waals surface area contributed by atoms with Crippen LogP contribution in [0.15, 0.2) is 29.2 Å². The van der Waals surface area contributed by atoms with Gasteiger partial charge in [-0.15, -0.1) is 0 Å². The van der Waals surface area contributed by atoms with Crippen molar-refractivity contribution in [2.45, 2.75) is 31.1 Å². The molecular weight excluding hydrogens is 288 g/mol. The van der Waals surface area contributed by atoms with Gasteiger partial charge in [-0.3, -0.25) is 0 Å². The van der Waals surface area contributed by atoms with Crippen LogP contribution in [0.3, 0.4) is 0 Å². The van der Waals surface area contributed by atoms with Crippen LogP contribution >= 0.6 is 0 Å². The molecule has 0 aliphatic heterocycles. The summed E-state index contributed by atoms with van der Waals surface area (Å²) in [6.07, 6.45) is 2.96. The number of benzene rings is 1. The number of ether oxygens (including phenoxy) is 1. The summed E-state index contributed by atoms with van der Waals surface area (Å²) in [5.74, 6) is 0. The molecule has 0 saturated carbocycles. The molecule has 0 aromatic heterocycles. The van der Waals surface area contributed by atoms with E-state index in [4.69, 9.17) is 4.74 Å². The van der Waals surface area contributed by atoms with Crippen molar-refractivity contribution in [1.29, 1.82) is 0 Å². The number of nitrogens with one attached hydrogen (secondary N) is 2. The predicted octanol–water partition coefficient (Wildman–Crippen LogP) is 1.54. The predicted molar refractivity (Wildman–Crippen MR) is 85.0 cm³/mol. The molecule has 6 heteroatoms. The van der Waals surface area contributed by atoms with E-state index in [2.05, 4.69) is 17.0 Å². The quantitative estimate of drug-likeness (QED) is 0.608. The molecule has 0 aliphatic rings. The Morgan fingerprint density at radius 3 is 2.43 bits per heavy atom. The first-order valence-electron chi connectivity index (χ1n) is 7.41. The Morgan fingerprint density at radius 1 is 1.10 bits per heavy atom. The molecule has 2 N–H and O–H groups in total. The highest BCUT2D eigenvalue weighted by atomic mass is 32.2. The molecule has 0 atom stereocenters. The summed E-state index contributed by atoms with van der Waals surface area (Å²) in [5.41, 5.74) is 1.12. The normalized spacial score (nSPS) is 11.7. The molecule has 0 radical (unpaired) electrons. The van der Waals surface area contributed by atoms with Crippen LogP contribution in [-0.2, 0) is 21.2 Å². The van der Waals surface area contributed by atoms with Crippen molar-refractivity contribution in [3.05, 3.63) is 29.8 Å². The number of hydrogen-bond donors (Lipinski definition) is 2. The highest BCUT2D eigenvalue weighted by molar-refractivity contribution is 7.89. The Balaban J connectivity index is 2.42. The Bertz CT molecular complexity index is 486. The molecule has 0 aliphatic carbocycles. The van der Waals surface area contributed by atoms with Crippen LogP contribution in [0, 0.1) is 0 Å². The summed E-state index contributed by atoms with van der Waals surface area (Å²) >= 11 is 0. The maximum absolute atomic E-state index is 12.1. The fourth-order valence-electron chi connectivity index (χ4n) is 1.78. The zero-order valence-electron chi connectivity index (χ0n) is 12.9. The minimum absolute atomic E-state index is 0.296. The first-order chi connectivity index (χ1) is 10.1.